The summed E-state index contributed by atoms with van der Waals surface area (Å²) in [5.41, 5.74) is 8.11. The lowest BCUT2D eigenvalue weighted by atomic mass is 10.1. The molecule has 0 amide bonds. The first-order chi connectivity index (χ1) is 8.90. The van der Waals surface area contributed by atoms with Crippen molar-refractivity contribution in [2.45, 2.75) is 25.9 Å². The van der Waals surface area contributed by atoms with E-state index in [0.717, 1.165) is 23.7 Å². The molecule has 2 rings (SSSR count). The molecule has 0 saturated carbocycles. The molecule has 0 radical (unpaired) electrons. The molecule has 1 aliphatic rings. The molecular formula is C15H24ClN3. The number of nitrogens with two attached hydrogens (primary N) is 1. The van der Waals surface area contributed by atoms with E-state index in [9.17, 15) is 0 Å². The second kappa shape index (κ2) is 5.70. The lowest BCUT2D eigenvalue weighted by Gasteiger charge is -2.23. The highest BCUT2D eigenvalue weighted by molar-refractivity contribution is 6.31. The lowest BCUT2D eigenvalue weighted by Crippen LogP contribution is -2.34. The summed E-state index contributed by atoms with van der Waals surface area (Å²) >= 11 is 6.32. The molecule has 1 aromatic carbocycles. The Morgan fingerprint density at radius 3 is 2.53 bits per heavy atom. The van der Waals surface area contributed by atoms with E-state index in [-0.39, 0.29) is 6.04 Å². The lowest BCUT2D eigenvalue weighted by molar-refractivity contribution is 0.266. The molecule has 3 unspecified atom stereocenters. The molecule has 0 aromatic heterocycles. The van der Waals surface area contributed by atoms with E-state index in [2.05, 4.69) is 43.0 Å². The Morgan fingerprint density at radius 2 is 2.05 bits per heavy atom. The minimum Gasteiger partial charge on any atom is -0.370 e. The van der Waals surface area contributed by atoms with E-state index in [1.807, 2.05) is 13.0 Å². The van der Waals surface area contributed by atoms with Gasteiger partial charge in [-0.3, -0.25) is 0 Å². The summed E-state index contributed by atoms with van der Waals surface area (Å²) in [6.07, 6.45) is 0. The molecule has 19 heavy (non-hydrogen) atoms. The molecule has 0 spiro atoms. The number of likely N-dealkylation sites (N-methyl/N-ethyl adjacent to an activating group) is 1. The van der Waals surface area contributed by atoms with Crippen LogP contribution in [0, 0.1) is 5.92 Å². The average molecular weight is 282 g/mol. The zero-order valence-electron chi connectivity index (χ0n) is 12.2. The molecule has 0 aliphatic carbocycles. The third-order valence-corrected chi connectivity index (χ3v) is 4.40. The van der Waals surface area contributed by atoms with E-state index < -0.39 is 0 Å². The topological polar surface area (TPSA) is 32.5 Å². The predicted octanol–water partition coefficient (Wildman–Crippen LogP) is 2.75. The number of nitrogens with zero attached hydrogens (tertiary/aromatic N) is 2. The van der Waals surface area contributed by atoms with Gasteiger partial charge in [-0.2, -0.15) is 0 Å². The van der Waals surface area contributed by atoms with Gasteiger partial charge in [-0.05, 0) is 44.6 Å². The van der Waals surface area contributed by atoms with Crippen molar-refractivity contribution in [3.05, 3.63) is 28.8 Å². The van der Waals surface area contributed by atoms with Crippen LogP contribution < -0.4 is 10.6 Å². The van der Waals surface area contributed by atoms with Crippen LogP contribution in [0.2, 0.25) is 5.02 Å². The zero-order valence-corrected chi connectivity index (χ0v) is 13.0. The minimum absolute atomic E-state index is 0.0198. The first-order valence-electron chi connectivity index (χ1n) is 6.86. The fourth-order valence-corrected chi connectivity index (χ4v) is 3.26. The van der Waals surface area contributed by atoms with Gasteiger partial charge in [0.1, 0.15) is 0 Å². The summed E-state index contributed by atoms with van der Waals surface area (Å²) in [4.78, 5) is 4.72. The Balaban J connectivity index is 2.18. The van der Waals surface area contributed by atoms with Crippen LogP contribution in [0.15, 0.2) is 18.2 Å². The van der Waals surface area contributed by atoms with Gasteiger partial charge in [-0.1, -0.05) is 24.6 Å². The Hall–Kier alpha value is -0.770. The molecule has 0 bridgehead atoms. The van der Waals surface area contributed by atoms with Crippen molar-refractivity contribution in [3.63, 3.8) is 0 Å². The molecule has 3 nitrogen and oxygen atoms in total. The fourth-order valence-electron chi connectivity index (χ4n) is 2.91. The van der Waals surface area contributed by atoms with E-state index in [1.54, 1.807) is 0 Å². The molecule has 1 saturated heterocycles. The Bertz CT molecular complexity index is 445. The van der Waals surface area contributed by atoms with Gasteiger partial charge >= 0.3 is 0 Å². The summed E-state index contributed by atoms with van der Waals surface area (Å²) in [5.74, 6) is 0.668. The SMILES string of the molecule is CC(N)c1ccc(N2CC(C)C(N(C)C)C2)cc1Cl. The Labute approximate surface area is 121 Å². The smallest absolute Gasteiger partial charge is 0.0474 e. The summed E-state index contributed by atoms with van der Waals surface area (Å²) in [6, 6.07) is 6.82. The second-order valence-corrected chi connectivity index (χ2v) is 6.31. The van der Waals surface area contributed by atoms with Crippen LogP contribution in [0.3, 0.4) is 0 Å². The van der Waals surface area contributed by atoms with E-state index in [1.165, 1.54) is 5.69 Å². The van der Waals surface area contributed by atoms with Crippen LogP contribution in [0.5, 0.6) is 0 Å². The number of hydrogen-bond donors (Lipinski definition) is 1. The van der Waals surface area contributed by atoms with Gasteiger partial charge in [0.15, 0.2) is 0 Å². The molecule has 4 heteroatoms. The maximum Gasteiger partial charge on any atom is 0.0474 e. The largest absolute Gasteiger partial charge is 0.370 e. The highest BCUT2D eigenvalue weighted by atomic mass is 35.5. The van der Waals surface area contributed by atoms with Crippen molar-refractivity contribution in [3.8, 4) is 0 Å². The summed E-state index contributed by atoms with van der Waals surface area (Å²) in [6.45, 7) is 6.40. The van der Waals surface area contributed by atoms with Crippen LogP contribution in [-0.4, -0.2) is 38.1 Å². The number of rotatable bonds is 3. The van der Waals surface area contributed by atoms with E-state index in [0.29, 0.717) is 12.0 Å². The Kier molecular flexibility index (Phi) is 4.39. The van der Waals surface area contributed by atoms with Gasteiger partial charge in [0, 0.05) is 35.9 Å². The third-order valence-electron chi connectivity index (χ3n) is 4.08. The van der Waals surface area contributed by atoms with Crippen LogP contribution in [-0.2, 0) is 0 Å². The summed E-state index contributed by atoms with van der Waals surface area (Å²) in [5, 5.41) is 0.772. The maximum atomic E-state index is 6.32. The molecule has 2 N–H and O–H groups in total. The highest BCUT2D eigenvalue weighted by Crippen LogP contribution is 2.31. The van der Waals surface area contributed by atoms with Gasteiger partial charge < -0.3 is 15.5 Å². The number of hydrogen-bond acceptors (Lipinski definition) is 3. The van der Waals surface area contributed by atoms with Gasteiger partial charge in [-0.25, -0.2) is 0 Å². The van der Waals surface area contributed by atoms with Crippen molar-refractivity contribution in [1.29, 1.82) is 0 Å². The maximum absolute atomic E-state index is 6.32. The van der Waals surface area contributed by atoms with Crippen molar-refractivity contribution >= 4 is 17.3 Å². The van der Waals surface area contributed by atoms with Gasteiger partial charge in [0.05, 0.1) is 0 Å². The van der Waals surface area contributed by atoms with Crippen molar-refractivity contribution < 1.29 is 0 Å². The van der Waals surface area contributed by atoms with E-state index >= 15 is 0 Å². The van der Waals surface area contributed by atoms with Crippen LogP contribution in [0.1, 0.15) is 25.5 Å². The summed E-state index contributed by atoms with van der Waals surface area (Å²) < 4.78 is 0. The monoisotopic (exact) mass is 281 g/mol. The average Bonchev–Trinajstić information content (AvgIpc) is 2.70. The van der Waals surface area contributed by atoms with Crippen molar-refractivity contribution in [2.24, 2.45) is 11.7 Å². The second-order valence-electron chi connectivity index (χ2n) is 5.91. The van der Waals surface area contributed by atoms with Gasteiger partial charge in [-0.15, -0.1) is 0 Å². The van der Waals surface area contributed by atoms with Gasteiger partial charge in [0.2, 0.25) is 0 Å². The zero-order chi connectivity index (χ0) is 14.2. The molecular weight excluding hydrogens is 258 g/mol. The quantitative estimate of drug-likeness (QED) is 0.925. The highest BCUT2D eigenvalue weighted by Gasteiger charge is 2.31. The van der Waals surface area contributed by atoms with Crippen molar-refractivity contribution in [1.82, 2.24) is 4.90 Å². The molecule has 1 aliphatic heterocycles. The van der Waals surface area contributed by atoms with Crippen molar-refractivity contribution in [2.75, 3.05) is 32.1 Å². The molecule has 1 aromatic rings. The molecule has 106 valence electrons. The fraction of sp³-hybridized carbons (Fsp3) is 0.600. The van der Waals surface area contributed by atoms with Crippen LogP contribution >= 0.6 is 11.6 Å². The summed E-state index contributed by atoms with van der Waals surface area (Å²) in [7, 11) is 4.30. The number of anilines is 1. The third kappa shape index (κ3) is 3.04. The molecule has 1 fully saturated rings. The van der Waals surface area contributed by atoms with Crippen LogP contribution in [0.4, 0.5) is 5.69 Å². The molecule has 3 atom stereocenters. The number of benzene rings is 1. The first-order valence-corrected chi connectivity index (χ1v) is 7.24. The van der Waals surface area contributed by atoms with Gasteiger partial charge in [0.25, 0.3) is 0 Å². The normalized spacial score (nSPS) is 25.1. The number of halogens is 1. The van der Waals surface area contributed by atoms with E-state index in [4.69, 9.17) is 17.3 Å². The first kappa shape index (κ1) is 14.6. The Morgan fingerprint density at radius 1 is 1.37 bits per heavy atom. The standard InChI is InChI=1S/C15H24ClN3/c1-10-8-19(9-15(10)18(3)4)12-5-6-13(11(2)17)14(16)7-12/h5-7,10-11,15H,8-9,17H2,1-4H3. The predicted molar refractivity (Wildman–Crippen MR) is 82.9 cm³/mol. The van der Waals surface area contributed by atoms with Crippen LogP contribution in [0.25, 0.3) is 0 Å². The molecule has 1 heterocycles. The minimum atomic E-state index is -0.0198.